The van der Waals surface area contributed by atoms with Crippen LogP contribution in [0.3, 0.4) is 0 Å². The SMILES string of the molecule is CCCN1C(=O)S/C(=C/c2cc(Cl)c(O[C@@H](C)CC)c(OCC)c2)C1=O. The Morgan fingerprint density at radius 2 is 2.00 bits per heavy atom. The summed E-state index contributed by atoms with van der Waals surface area (Å²) in [4.78, 5) is 26.0. The van der Waals surface area contributed by atoms with Gasteiger partial charge in [0.25, 0.3) is 11.1 Å². The maximum atomic E-state index is 12.4. The number of thioether (sulfide) groups is 1. The third kappa shape index (κ3) is 4.74. The quantitative estimate of drug-likeness (QED) is 0.552. The second-order valence-corrected chi connectivity index (χ2v) is 7.33. The number of hydrogen-bond donors (Lipinski definition) is 0. The van der Waals surface area contributed by atoms with Crippen LogP contribution in [0.1, 0.15) is 46.1 Å². The minimum atomic E-state index is -0.268. The number of ether oxygens (including phenoxy) is 2. The second-order valence-electron chi connectivity index (χ2n) is 5.93. The highest BCUT2D eigenvalue weighted by Gasteiger charge is 2.34. The first kappa shape index (κ1) is 20.6. The summed E-state index contributed by atoms with van der Waals surface area (Å²) in [5.41, 5.74) is 0.692. The van der Waals surface area contributed by atoms with Gasteiger partial charge in [0.15, 0.2) is 11.5 Å². The summed E-state index contributed by atoms with van der Waals surface area (Å²) in [6.07, 6.45) is 3.24. The Balaban J connectivity index is 2.36. The molecule has 2 rings (SSSR count). The smallest absolute Gasteiger partial charge is 0.293 e. The maximum absolute atomic E-state index is 12.4. The van der Waals surface area contributed by atoms with Crippen molar-refractivity contribution in [2.24, 2.45) is 0 Å². The molecule has 2 amide bonds. The summed E-state index contributed by atoms with van der Waals surface area (Å²) >= 11 is 7.34. The van der Waals surface area contributed by atoms with Gasteiger partial charge in [0.2, 0.25) is 0 Å². The Bertz CT molecular complexity index is 720. The minimum Gasteiger partial charge on any atom is -0.490 e. The van der Waals surface area contributed by atoms with Crippen molar-refractivity contribution in [3.05, 3.63) is 27.6 Å². The summed E-state index contributed by atoms with van der Waals surface area (Å²) in [7, 11) is 0. The number of amides is 2. The zero-order valence-electron chi connectivity index (χ0n) is 15.5. The molecular weight excluding hydrogens is 374 g/mol. The number of rotatable bonds is 8. The zero-order valence-corrected chi connectivity index (χ0v) is 17.1. The number of carbonyl (C=O) groups is 2. The van der Waals surface area contributed by atoms with Gasteiger partial charge in [-0.1, -0.05) is 25.4 Å². The first-order chi connectivity index (χ1) is 12.4. The summed E-state index contributed by atoms with van der Waals surface area (Å²) in [6, 6.07) is 3.50. The first-order valence-corrected chi connectivity index (χ1v) is 9.98. The molecule has 1 aliphatic heterocycles. The van der Waals surface area contributed by atoms with Crippen LogP contribution in [0.25, 0.3) is 6.08 Å². The molecular formula is C19H24ClNO4S. The molecule has 1 fully saturated rings. The summed E-state index contributed by atoms with van der Waals surface area (Å²) in [5.74, 6) is 0.759. The van der Waals surface area contributed by atoms with E-state index in [1.54, 1.807) is 18.2 Å². The molecule has 0 bridgehead atoms. The Hall–Kier alpha value is -1.66. The molecule has 1 heterocycles. The molecule has 142 valence electrons. The van der Waals surface area contributed by atoms with Crippen molar-refractivity contribution in [3.63, 3.8) is 0 Å². The molecule has 1 saturated heterocycles. The van der Waals surface area contributed by atoms with Crippen LogP contribution in [0.2, 0.25) is 5.02 Å². The van der Waals surface area contributed by atoms with E-state index < -0.39 is 0 Å². The van der Waals surface area contributed by atoms with Gasteiger partial charge in [-0.3, -0.25) is 14.5 Å². The van der Waals surface area contributed by atoms with Crippen LogP contribution in [0, 0.1) is 0 Å². The van der Waals surface area contributed by atoms with Crippen molar-refractivity contribution >= 4 is 40.6 Å². The molecule has 5 nitrogen and oxygen atoms in total. The van der Waals surface area contributed by atoms with Gasteiger partial charge in [0, 0.05) is 6.54 Å². The Labute approximate surface area is 163 Å². The predicted molar refractivity (Wildman–Crippen MR) is 106 cm³/mol. The van der Waals surface area contributed by atoms with Gasteiger partial charge in [-0.05, 0) is 62.2 Å². The molecule has 7 heteroatoms. The largest absolute Gasteiger partial charge is 0.490 e. The van der Waals surface area contributed by atoms with Crippen molar-refractivity contribution < 1.29 is 19.1 Å². The highest BCUT2D eigenvalue weighted by molar-refractivity contribution is 8.18. The second kappa shape index (κ2) is 9.33. The number of hydrogen-bond acceptors (Lipinski definition) is 5. The average molecular weight is 398 g/mol. The summed E-state index contributed by atoms with van der Waals surface area (Å²) < 4.78 is 11.5. The van der Waals surface area contributed by atoms with E-state index in [0.29, 0.717) is 40.1 Å². The van der Waals surface area contributed by atoms with E-state index in [0.717, 1.165) is 24.6 Å². The molecule has 0 saturated carbocycles. The van der Waals surface area contributed by atoms with Gasteiger partial charge in [-0.25, -0.2) is 0 Å². The third-order valence-electron chi connectivity index (χ3n) is 3.84. The van der Waals surface area contributed by atoms with Crippen molar-refractivity contribution in [1.82, 2.24) is 4.90 Å². The van der Waals surface area contributed by atoms with Gasteiger partial charge in [-0.15, -0.1) is 0 Å². The molecule has 0 aromatic heterocycles. The van der Waals surface area contributed by atoms with Crippen LogP contribution < -0.4 is 9.47 Å². The highest BCUT2D eigenvalue weighted by atomic mass is 35.5. The fourth-order valence-electron chi connectivity index (χ4n) is 2.40. The van der Waals surface area contributed by atoms with E-state index in [1.807, 2.05) is 27.7 Å². The molecule has 0 aliphatic carbocycles. The summed E-state index contributed by atoms with van der Waals surface area (Å²) in [5, 5.41) is 0.172. The average Bonchev–Trinajstić information content (AvgIpc) is 2.86. The van der Waals surface area contributed by atoms with Crippen LogP contribution in [0.5, 0.6) is 11.5 Å². The van der Waals surface area contributed by atoms with Crippen LogP contribution in [0.15, 0.2) is 17.0 Å². The molecule has 0 radical (unpaired) electrons. The fourth-order valence-corrected chi connectivity index (χ4v) is 3.53. The van der Waals surface area contributed by atoms with Gasteiger partial charge < -0.3 is 9.47 Å². The lowest BCUT2D eigenvalue weighted by Crippen LogP contribution is -2.28. The van der Waals surface area contributed by atoms with Crippen molar-refractivity contribution in [2.75, 3.05) is 13.2 Å². The summed E-state index contributed by atoms with van der Waals surface area (Å²) in [6.45, 7) is 8.68. The predicted octanol–water partition coefficient (Wildman–Crippen LogP) is 5.36. The van der Waals surface area contributed by atoms with E-state index >= 15 is 0 Å². The van der Waals surface area contributed by atoms with Crippen LogP contribution in [-0.4, -0.2) is 35.3 Å². The van der Waals surface area contributed by atoms with Crippen LogP contribution in [-0.2, 0) is 4.79 Å². The monoisotopic (exact) mass is 397 g/mol. The van der Waals surface area contributed by atoms with E-state index in [2.05, 4.69) is 0 Å². The Kier molecular flexibility index (Phi) is 7.41. The molecule has 1 aromatic rings. The number of carbonyl (C=O) groups excluding carboxylic acids is 2. The molecule has 1 aromatic carbocycles. The molecule has 1 atom stereocenters. The van der Waals surface area contributed by atoms with Gasteiger partial charge in [0.1, 0.15) is 0 Å². The van der Waals surface area contributed by atoms with Crippen LogP contribution in [0.4, 0.5) is 4.79 Å². The molecule has 1 aliphatic rings. The number of imide groups is 1. The minimum absolute atomic E-state index is 0.00287. The standard InChI is InChI=1S/C19H24ClNO4S/c1-5-8-21-18(22)16(26-19(21)23)11-13-9-14(20)17(25-12(4)6-2)15(10-13)24-7-3/h9-12H,5-8H2,1-4H3/b16-11+/t12-/m0/s1. The molecule has 0 N–H and O–H groups in total. The van der Waals surface area contributed by atoms with E-state index in [1.165, 1.54) is 4.90 Å². The topological polar surface area (TPSA) is 55.8 Å². The molecule has 0 unspecified atom stereocenters. The fraction of sp³-hybridized carbons (Fsp3) is 0.474. The van der Waals surface area contributed by atoms with E-state index in [9.17, 15) is 9.59 Å². The van der Waals surface area contributed by atoms with Crippen LogP contribution >= 0.6 is 23.4 Å². The molecule has 0 spiro atoms. The van der Waals surface area contributed by atoms with E-state index in [4.69, 9.17) is 21.1 Å². The number of halogens is 1. The normalized spacial score (nSPS) is 17.1. The van der Waals surface area contributed by atoms with E-state index in [-0.39, 0.29) is 17.3 Å². The lowest BCUT2D eigenvalue weighted by Gasteiger charge is -2.18. The van der Waals surface area contributed by atoms with Crippen molar-refractivity contribution in [2.45, 2.75) is 46.6 Å². The molecule has 26 heavy (non-hydrogen) atoms. The number of nitrogens with zero attached hydrogens (tertiary/aromatic N) is 1. The maximum Gasteiger partial charge on any atom is 0.293 e. The lowest BCUT2D eigenvalue weighted by atomic mass is 10.1. The van der Waals surface area contributed by atoms with Gasteiger partial charge >= 0.3 is 0 Å². The zero-order chi connectivity index (χ0) is 19.3. The van der Waals surface area contributed by atoms with Crippen molar-refractivity contribution in [1.29, 1.82) is 0 Å². The van der Waals surface area contributed by atoms with Gasteiger partial charge in [0.05, 0.1) is 22.6 Å². The van der Waals surface area contributed by atoms with Gasteiger partial charge in [-0.2, -0.15) is 0 Å². The Morgan fingerprint density at radius 1 is 1.27 bits per heavy atom. The first-order valence-electron chi connectivity index (χ1n) is 8.79. The van der Waals surface area contributed by atoms with Crippen molar-refractivity contribution in [3.8, 4) is 11.5 Å². The Morgan fingerprint density at radius 3 is 2.62 bits per heavy atom. The number of benzene rings is 1. The lowest BCUT2D eigenvalue weighted by molar-refractivity contribution is -0.122. The highest BCUT2D eigenvalue weighted by Crippen LogP contribution is 2.39. The third-order valence-corrected chi connectivity index (χ3v) is 5.03.